The summed E-state index contributed by atoms with van der Waals surface area (Å²) in [6, 6.07) is 16.2. The van der Waals surface area contributed by atoms with Gasteiger partial charge in [-0.2, -0.15) is 0 Å². The maximum Gasteiger partial charge on any atom is 0.338 e. The molecular weight excluding hydrogens is 533 g/mol. The lowest BCUT2D eigenvalue weighted by Crippen LogP contribution is -2.32. The fourth-order valence-corrected chi connectivity index (χ4v) is 3.94. The Morgan fingerprint density at radius 3 is 2.39 bits per heavy atom. The van der Waals surface area contributed by atoms with Gasteiger partial charge in [0.15, 0.2) is 0 Å². The van der Waals surface area contributed by atoms with Crippen molar-refractivity contribution < 1.29 is 29.0 Å². The van der Waals surface area contributed by atoms with E-state index in [1.807, 2.05) is 6.92 Å². The number of carbonyl (C=O) groups excluding carboxylic acids is 4. The molecule has 0 atom stereocenters. The summed E-state index contributed by atoms with van der Waals surface area (Å²) in [5.74, 6) is -2.66. The van der Waals surface area contributed by atoms with Gasteiger partial charge in [0.1, 0.15) is 16.5 Å². The van der Waals surface area contributed by atoms with Gasteiger partial charge < -0.3 is 20.5 Å². The molecule has 0 fully saturated rings. The first-order chi connectivity index (χ1) is 18.2. The third kappa shape index (κ3) is 5.64. The largest absolute Gasteiger partial charge is 0.506 e. The Balaban J connectivity index is 1.50. The van der Waals surface area contributed by atoms with Crippen molar-refractivity contribution in [3.05, 3.63) is 93.6 Å². The van der Waals surface area contributed by atoms with Gasteiger partial charge in [-0.3, -0.25) is 14.4 Å². The van der Waals surface area contributed by atoms with Crippen molar-refractivity contribution in [1.29, 1.82) is 0 Å². The van der Waals surface area contributed by atoms with Crippen LogP contribution < -0.4 is 15.5 Å². The van der Waals surface area contributed by atoms with Crippen molar-refractivity contribution in [2.24, 2.45) is 0 Å². The summed E-state index contributed by atoms with van der Waals surface area (Å²) in [5.41, 5.74) is 0.969. The second-order valence-electron chi connectivity index (χ2n) is 8.14. The van der Waals surface area contributed by atoms with Crippen molar-refractivity contribution in [1.82, 2.24) is 0 Å². The molecule has 11 heteroatoms. The zero-order valence-electron chi connectivity index (χ0n) is 20.0. The first kappa shape index (κ1) is 26.7. The molecule has 0 bridgehead atoms. The summed E-state index contributed by atoms with van der Waals surface area (Å²) in [6.07, 6.45) is 0.680. The van der Waals surface area contributed by atoms with Crippen molar-refractivity contribution in [3.8, 4) is 5.75 Å². The molecule has 0 aromatic heterocycles. The van der Waals surface area contributed by atoms with E-state index in [9.17, 15) is 24.3 Å². The lowest BCUT2D eigenvalue weighted by Gasteiger charge is -2.15. The summed E-state index contributed by atoms with van der Waals surface area (Å²) in [6.45, 7) is 2.16. The lowest BCUT2D eigenvalue weighted by molar-refractivity contribution is -0.120. The Morgan fingerprint density at radius 2 is 1.68 bits per heavy atom. The molecule has 0 radical (unpaired) electrons. The molecule has 3 aromatic carbocycles. The van der Waals surface area contributed by atoms with Crippen LogP contribution in [0.2, 0.25) is 5.02 Å². The Kier molecular flexibility index (Phi) is 7.99. The van der Waals surface area contributed by atoms with Gasteiger partial charge in [0.2, 0.25) is 0 Å². The summed E-state index contributed by atoms with van der Waals surface area (Å²) in [7, 11) is 0. The van der Waals surface area contributed by atoms with E-state index in [-0.39, 0.29) is 45.6 Å². The van der Waals surface area contributed by atoms with Gasteiger partial charge in [-0.05, 0) is 67.1 Å². The number of carbonyl (C=O) groups is 4. The maximum absolute atomic E-state index is 13.1. The molecule has 0 unspecified atom stereocenters. The smallest absolute Gasteiger partial charge is 0.338 e. The molecule has 0 aliphatic carbocycles. The minimum absolute atomic E-state index is 0.128. The average molecular weight is 554 g/mol. The molecule has 3 N–H and O–H groups in total. The second kappa shape index (κ2) is 11.4. The van der Waals surface area contributed by atoms with Gasteiger partial charge >= 0.3 is 5.97 Å². The number of rotatable bonds is 8. The van der Waals surface area contributed by atoms with Crippen LogP contribution in [0.15, 0.2) is 77.5 Å². The lowest BCUT2D eigenvalue weighted by atomic mass is 10.1. The van der Waals surface area contributed by atoms with Crippen LogP contribution >= 0.6 is 23.2 Å². The minimum atomic E-state index is -0.745. The monoisotopic (exact) mass is 553 g/mol. The molecule has 194 valence electrons. The molecule has 0 spiro atoms. The number of esters is 1. The van der Waals surface area contributed by atoms with Gasteiger partial charge in [0.05, 0.1) is 23.5 Å². The predicted molar refractivity (Wildman–Crippen MR) is 144 cm³/mol. The van der Waals surface area contributed by atoms with Crippen LogP contribution in [0.4, 0.5) is 17.1 Å². The molecular formula is C27H21Cl2N3O6. The number of ether oxygens (including phenoxy) is 1. The van der Waals surface area contributed by atoms with E-state index < -0.39 is 23.7 Å². The highest BCUT2D eigenvalue weighted by Crippen LogP contribution is 2.31. The summed E-state index contributed by atoms with van der Waals surface area (Å²) >= 11 is 12.1. The van der Waals surface area contributed by atoms with Crippen molar-refractivity contribution >= 4 is 64.0 Å². The Morgan fingerprint density at radius 1 is 0.947 bits per heavy atom. The fourth-order valence-electron chi connectivity index (χ4n) is 3.56. The predicted octanol–water partition coefficient (Wildman–Crippen LogP) is 5.30. The van der Waals surface area contributed by atoms with Crippen LogP contribution in [0.1, 0.15) is 34.1 Å². The molecule has 1 aliphatic heterocycles. The van der Waals surface area contributed by atoms with Gasteiger partial charge in [0.25, 0.3) is 17.7 Å². The fraction of sp³-hybridized carbons (Fsp3) is 0.111. The first-order valence-electron chi connectivity index (χ1n) is 11.4. The van der Waals surface area contributed by atoms with E-state index >= 15 is 0 Å². The van der Waals surface area contributed by atoms with Gasteiger partial charge in [0, 0.05) is 16.3 Å². The third-order valence-corrected chi connectivity index (χ3v) is 6.01. The number of imide groups is 1. The highest BCUT2D eigenvalue weighted by molar-refractivity contribution is 6.53. The van der Waals surface area contributed by atoms with Crippen molar-refractivity contribution in [2.45, 2.75) is 13.3 Å². The third-order valence-electron chi connectivity index (χ3n) is 5.43. The zero-order valence-corrected chi connectivity index (χ0v) is 21.5. The van der Waals surface area contributed by atoms with Crippen molar-refractivity contribution in [3.63, 3.8) is 0 Å². The van der Waals surface area contributed by atoms with E-state index in [4.69, 9.17) is 27.9 Å². The number of phenolic OH excluding ortho intramolecular Hbond substituents is 1. The first-order valence-corrected chi connectivity index (χ1v) is 12.2. The Labute approximate surface area is 227 Å². The number of halogens is 2. The number of hydrogen-bond donors (Lipinski definition) is 3. The Bertz CT molecular complexity index is 1470. The van der Waals surface area contributed by atoms with E-state index in [0.717, 1.165) is 4.90 Å². The van der Waals surface area contributed by atoms with Crippen LogP contribution in [-0.4, -0.2) is 35.4 Å². The molecule has 1 aliphatic rings. The quantitative estimate of drug-likeness (QED) is 0.196. The number of benzene rings is 3. The number of nitrogens with zero attached hydrogens (tertiary/aromatic N) is 1. The highest BCUT2D eigenvalue weighted by Gasteiger charge is 2.39. The number of anilines is 3. The molecule has 3 amide bonds. The SMILES string of the molecule is CCCOC(=O)c1ccc(N2C(=O)C(Cl)=C(Nc3cccc(C(=O)Nc4cc(Cl)ccc4O)c3)C2=O)cc1. The topological polar surface area (TPSA) is 125 Å². The number of amides is 3. The molecule has 0 saturated carbocycles. The highest BCUT2D eigenvalue weighted by atomic mass is 35.5. The molecule has 38 heavy (non-hydrogen) atoms. The van der Waals surface area contributed by atoms with Crippen LogP contribution in [0.3, 0.4) is 0 Å². The number of phenols is 1. The average Bonchev–Trinajstić information content (AvgIpc) is 3.12. The zero-order chi connectivity index (χ0) is 27.4. The summed E-state index contributed by atoms with van der Waals surface area (Å²) < 4.78 is 5.08. The summed E-state index contributed by atoms with van der Waals surface area (Å²) in [5, 5.41) is 15.3. The van der Waals surface area contributed by atoms with Crippen LogP contribution in [-0.2, 0) is 14.3 Å². The second-order valence-corrected chi connectivity index (χ2v) is 8.95. The Hall–Kier alpha value is -4.34. The number of nitrogens with one attached hydrogen (secondary N) is 2. The van der Waals surface area contributed by atoms with Gasteiger partial charge in [-0.15, -0.1) is 0 Å². The van der Waals surface area contributed by atoms with Crippen molar-refractivity contribution in [2.75, 3.05) is 22.1 Å². The van der Waals surface area contributed by atoms with E-state index in [2.05, 4.69) is 10.6 Å². The maximum atomic E-state index is 13.1. The van der Waals surface area contributed by atoms with E-state index in [1.54, 1.807) is 12.1 Å². The minimum Gasteiger partial charge on any atom is -0.506 e. The molecule has 9 nitrogen and oxygen atoms in total. The molecule has 0 saturated heterocycles. The molecule has 1 heterocycles. The molecule has 4 rings (SSSR count). The van der Waals surface area contributed by atoms with E-state index in [0.29, 0.717) is 17.1 Å². The van der Waals surface area contributed by atoms with Gasteiger partial charge in [-0.1, -0.05) is 36.2 Å². The van der Waals surface area contributed by atoms with Crippen LogP contribution in [0, 0.1) is 0 Å². The summed E-state index contributed by atoms with van der Waals surface area (Å²) in [4.78, 5) is 51.5. The van der Waals surface area contributed by atoms with Crippen LogP contribution in [0.5, 0.6) is 5.75 Å². The molecule has 3 aromatic rings. The number of aromatic hydroxyl groups is 1. The normalized spacial score (nSPS) is 13.1. The number of hydrogen-bond acceptors (Lipinski definition) is 7. The standard InChI is InChI=1S/C27H21Cl2N3O6/c1-2-12-38-27(37)15-6-9-19(10-7-15)32-25(35)22(29)23(26(32)36)30-18-5-3-4-16(13-18)24(34)31-20-14-17(28)8-11-21(20)33/h3-11,13-14,30,33H,2,12H2,1H3,(H,31,34). The van der Waals surface area contributed by atoms with Gasteiger partial charge in [-0.25, -0.2) is 9.69 Å². The van der Waals surface area contributed by atoms with E-state index in [1.165, 1.54) is 54.6 Å². The van der Waals surface area contributed by atoms with Crippen LogP contribution in [0.25, 0.3) is 0 Å².